The van der Waals surface area contributed by atoms with Crippen LogP contribution in [0.5, 0.6) is 0 Å². The lowest BCUT2D eigenvalue weighted by atomic mass is 9.78. The Morgan fingerprint density at radius 2 is 0.667 bits per heavy atom. The zero-order chi connectivity index (χ0) is 22.7. The Hall–Kier alpha value is -1.45. The molecule has 0 saturated carbocycles. The first-order valence-corrected chi connectivity index (χ1v) is 5.71. The van der Waals surface area contributed by atoms with Gasteiger partial charge in [-0.2, -0.15) is 65.9 Å². The molecule has 0 fully saturated rings. The third-order valence-corrected chi connectivity index (χ3v) is 2.94. The minimum atomic E-state index is -7.99. The normalized spacial score (nSPS) is 17.6. The molecule has 1 atom stereocenters. The van der Waals surface area contributed by atoms with E-state index in [1.807, 2.05) is 0 Å². The van der Waals surface area contributed by atoms with Gasteiger partial charge in [0.05, 0.1) is 0 Å². The zero-order valence-corrected chi connectivity index (χ0v) is 11.9. The van der Waals surface area contributed by atoms with E-state index in [9.17, 15) is 74.6 Å². The van der Waals surface area contributed by atoms with Crippen LogP contribution in [-0.2, 0) is 0 Å². The molecule has 0 spiro atoms. The summed E-state index contributed by atoms with van der Waals surface area (Å²) in [6.07, 6.45) is -38.0. The van der Waals surface area contributed by atoms with E-state index in [-0.39, 0.29) is 0 Å². The van der Waals surface area contributed by atoms with Crippen LogP contribution in [0.2, 0.25) is 0 Å². The summed E-state index contributed by atoms with van der Waals surface area (Å²) in [5, 5.41) is 0. The van der Waals surface area contributed by atoms with E-state index in [1.165, 1.54) is 0 Å². The van der Waals surface area contributed by atoms with Crippen molar-refractivity contribution in [3.05, 3.63) is 11.1 Å². The highest BCUT2D eigenvalue weighted by Crippen LogP contribution is 2.60. The molecule has 17 heteroatoms. The number of allylic oxidation sites excluding steroid dienone is 2. The van der Waals surface area contributed by atoms with Gasteiger partial charge in [0.2, 0.25) is 5.67 Å². The third-order valence-electron chi connectivity index (χ3n) is 2.94. The second kappa shape index (κ2) is 6.28. The highest BCUT2D eigenvalue weighted by Gasteiger charge is 2.82. The fourth-order valence-corrected chi connectivity index (χ4v) is 1.76. The maximum atomic E-state index is 13.8. The minimum Gasteiger partial charge on any atom is -0.229 e. The lowest BCUT2D eigenvalue weighted by Crippen LogP contribution is -2.62. The van der Waals surface area contributed by atoms with E-state index in [4.69, 9.17) is 0 Å². The zero-order valence-electron chi connectivity index (χ0n) is 11.9. The highest BCUT2D eigenvalue weighted by atomic mass is 19.4. The smallest absolute Gasteiger partial charge is 0.229 e. The van der Waals surface area contributed by atoms with Crippen molar-refractivity contribution < 1.29 is 74.6 Å². The van der Waals surface area contributed by atoms with Gasteiger partial charge in [0.15, 0.2) is 0 Å². The SMILES string of the molecule is CC(F)(C(=C(C(F)(F)F)C(F)(F)F)C(F)(C(F)(F)F)C(F)(F)F)C(F)(F)F. The number of halogens is 17. The van der Waals surface area contributed by atoms with Crippen LogP contribution in [0.3, 0.4) is 0 Å². The van der Waals surface area contributed by atoms with Gasteiger partial charge in [0, 0.05) is 5.57 Å². The molecule has 0 bridgehead atoms. The fourth-order valence-electron chi connectivity index (χ4n) is 1.76. The summed E-state index contributed by atoms with van der Waals surface area (Å²) >= 11 is 0. The van der Waals surface area contributed by atoms with Gasteiger partial charge in [-0.05, 0) is 6.92 Å². The van der Waals surface area contributed by atoms with Gasteiger partial charge in [-0.15, -0.1) is 0 Å². The number of alkyl halides is 17. The number of hydrogen-bond donors (Lipinski definition) is 0. The molecule has 0 aliphatic rings. The molecule has 162 valence electrons. The van der Waals surface area contributed by atoms with Crippen LogP contribution in [0.4, 0.5) is 74.6 Å². The van der Waals surface area contributed by atoms with Crippen LogP contribution in [0.25, 0.3) is 0 Å². The van der Waals surface area contributed by atoms with Crippen molar-refractivity contribution >= 4 is 0 Å². The standard InChI is InChI=1S/C10H3F17/c1-4(11,8(19,20)21)2(3(6(13,14)15)7(16,17)18)5(12,9(22,23)24)10(25,26)27/h1H3. The van der Waals surface area contributed by atoms with Crippen molar-refractivity contribution in [2.24, 2.45) is 0 Å². The Balaban J connectivity index is 7.91. The van der Waals surface area contributed by atoms with E-state index in [0.29, 0.717) is 0 Å². The molecule has 1 unspecified atom stereocenters. The van der Waals surface area contributed by atoms with Crippen LogP contribution in [-0.4, -0.2) is 42.2 Å². The summed E-state index contributed by atoms with van der Waals surface area (Å²) in [6, 6.07) is 0. The van der Waals surface area contributed by atoms with Crippen LogP contribution in [0, 0.1) is 0 Å². The molecule has 0 N–H and O–H groups in total. The van der Waals surface area contributed by atoms with Crippen molar-refractivity contribution in [1.29, 1.82) is 0 Å². The monoisotopic (exact) mass is 446 g/mol. The predicted molar refractivity (Wildman–Crippen MR) is 50.7 cm³/mol. The number of hydrogen-bond acceptors (Lipinski definition) is 0. The Morgan fingerprint density at radius 3 is 0.815 bits per heavy atom. The van der Waals surface area contributed by atoms with Gasteiger partial charge in [-0.1, -0.05) is 0 Å². The molecule has 0 rings (SSSR count). The van der Waals surface area contributed by atoms with Crippen LogP contribution < -0.4 is 0 Å². The molecule has 0 aromatic carbocycles. The Labute approximate surface area is 136 Å². The van der Waals surface area contributed by atoms with E-state index in [0.717, 1.165) is 0 Å². The summed E-state index contributed by atoms with van der Waals surface area (Å²) in [4.78, 5) is 0. The second-order valence-corrected chi connectivity index (χ2v) is 4.90. The van der Waals surface area contributed by atoms with Crippen molar-refractivity contribution in [1.82, 2.24) is 0 Å². The van der Waals surface area contributed by atoms with Gasteiger partial charge < -0.3 is 0 Å². The van der Waals surface area contributed by atoms with Crippen LogP contribution in [0.1, 0.15) is 6.92 Å². The maximum absolute atomic E-state index is 13.8. The first-order valence-electron chi connectivity index (χ1n) is 5.71. The molecule has 0 radical (unpaired) electrons. The summed E-state index contributed by atoms with van der Waals surface area (Å²) in [7, 11) is 0. The van der Waals surface area contributed by atoms with E-state index < -0.39 is 60.3 Å². The molecule has 0 nitrogen and oxygen atoms in total. The fraction of sp³-hybridized carbons (Fsp3) is 0.800. The molecule has 0 aliphatic heterocycles. The second-order valence-electron chi connectivity index (χ2n) is 4.90. The minimum absolute atomic E-state index is 1.54. The third kappa shape index (κ3) is 4.35. The van der Waals surface area contributed by atoms with Crippen molar-refractivity contribution in [2.75, 3.05) is 0 Å². The Kier molecular flexibility index (Phi) is 5.95. The first-order chi connectivity index (χ1) is 11.2. The molecule has 0 saturated heterocycles. The lowest BCUT2D eigenvalue weighted by Gasteiger charge is -2.40. The molecule has 0 aliphatic carbocycles. The molecule has 0 aromatic heterocycles. The lowest BCUT2D eigenvalue weighted by molar-refractivity contribution is -0.338. The molecule has 0 heterocycles. The Bertz CT molecular complexity index is 541. The topological polar surface area (TPSA) is 0 Å². The summed E-state index contributed by atoms with van der Waals surface area (Å²) in [5.74, 6) is 0. The van der Waals surface area contributed by atoms with Gasteiger partial charge in [-0.3, -0.25) is 0 Å². The molecule has 0 amide bonds. The molecule has 27 heavy (non-hydrogen) atoms. The van der Waals surface area contributed by atoms with Gasteiger partial charge >= 0.3 is 36.6 Å². The van der Waals surface area contributed by atoms with Crippen molar-refractivity contribution in [3.63, 3.8) is 0 Å². The number of rotatable bonds is 2. The predicted octanol–water partition coefficient (Wildman–Crippen LogP) is 6.53. The first kappa shape index (κ1) is 25.6. The summed E-state index contributed by atoms with van der Waals surface area (Å²) in [6.45, 7) is -1.54. The van der Waals surface area contributed by atoms with E-state index in [2.05, 4.69) is 0 Å². The van der Waals surface area contributed by atoms with Crippen molar-refractivity contribution in [2.45, 2.75) is 49.1 Å². The highest BCUT2D eigenvalue weighted by molar-refractivity contribution is 5.42. The largest absolute Gasteiger partial charge is 0.435 e. The van der Waals surface area contributed by atoms with Gasteiger partial charge in [0.1, 0.15) is 5.57 Å². The molecular weight excluding hydrogens is 443 g/mol. The van der Waals surface area contributed by atoms with Crippen LogP contribution >= 0.6 is 0 Å². The summed E-state index contributed by atoms with van der Waals surface area (Å²) in [5.41, 5.74) is -25.2. The molecule has 0 aromatic rings. The average molecular weight is 446 g/mol. The van der Waals surface area contributed by atoms with Crippen molar-refractivity contribution in [3.8, 4) is 0 Å². The van der Waals surface area contributed by atoms with E-state index >= 15 is 0 Å². The quantitative estimate of drug-likeness (QED) is 0.334. The maximum Gasteiger partial charge on any atom is 0.435 e. The Morgan fingerprint density at radius 1 is 0.407 bits per heavy atom. The van der Waals surface area contributed by atoms with E-state index in [1.54, 1.807) is 0 Å². The molecular formula is C10H3F17. The summed E-state index contributed by atoms with van der Waals surface area (Å²) < 4.78 is 215. The van der Waals surface area contributed by atoms with Crippen LogP contribution in [0.15, 0.2) is 11.1 Å². The average Bonchev–Trinajstić information content (AvgIpc) is 2.26. The van der Waals surface area contributed by atoms with Gasteiger partial charge in [0.25, 0.3) is 0 Å². The van der Waals surface area contributed by atoms with Gasteiger partial charge in [-0.25, -0.2) is 8.78 Å².